The molecule has 110 valence electrons. The van der Waals surface area contributed by atoms with Gasteiger partial charge in [0.05, 0.1) is 17.7 Å². The average Bonchev–Trinajstić information content (AvgIpc) is 2.82. The molecule has 2 aromatic rings. The van der Waals surface area contributed by atoms with Crippen molar-refractivity contribution in [1.82, 2.24) is 4.57 Å². The fraction of sp³-hybridized carbons (Fsp3) is 0.214. The zero-order valence-corrected chi connectivity index (χ0v) is 11.7. The third-order valence-electron chi connectivity index (χ3n) is 3.19. The second-order valence-corrected chi connectivity index (χ2v) is 4.44. The van der Waals surface area contributed by atoms with Gasteiger partial charge in [-0.1, -0.05) is 12.1 Å². The summed E-state index contributed by atoms with van der Waals surface area (Å²) in [7, 11) is 3.19. The number of benzene rings is 1. The molecular formula is C14H15N3O4. The van der Waals surface area contributed by atoms with E-state index in [1.165, 1.54) is 10.6 Å². The zero-order valence-electron chi connectivity index (χ0n) is 11.7. The number of hydrogen-bond acceptors (Lipinski definition) is 5. The van der Waals surface area contributed by atoms with E-state index in [0.29, 0.717) is 18.6 Å². The molecule has 1 aromatic heterocycles. The Morgan fingerprint density at radius 2 is 2.05 bits per heavy atom. The minimum Gasteiger partial charge on any atom is -0.497 e. The Hall–Kier alpha value is -2.83. The second-order valence-electron chi connectivity index (χ2n) is 4.44. The summed E-state index contributed by atoms with van der Waals surface area (Å²) in [6.45, 7) is 0.404. The summed E-state index contributed by atoms with van der Waals surface area (Å²) in [5.74, 6) is 1.05. The molecule has 0 fully saturated rings. The standard InChI is InChI=1S/C14H15N3O4/c1-16-11(9-18)7-13(17(19)20)14(16)15-8-10-3-5-12(21-2)6-4-10/h3-7,9,15H,8H2,1-2H3. The third kappa shape index (κ3) is 3.02. The van der Waals surface area contributed by atoms with Gasteiger partial charge in [0.15, 0.2) is 12.1 Å². The van der Waals surface area contributed by atoms with Crippen molar-refractivity contribution in [3.63, 3.8) is 0 Å². The summed E-state index contributed by atoms with van der Waals surface area (Å²) in [5, 5.41) is 14.0. The molecule has 21 heavy (non-hydrogen) atoms. The lowest BCUT2D eigenvalue weighted by atomic mass is 10.2. The fourth-order valence-corrected chi connectivity index (χ4v) is 2.00. The average molecular weight is 289 g/mol. The molecule has 0 amide bonds. The van der Waals surface area contributed by atoms with Crippen LogP contribution in [0.25, 0.3) is 0 Å². The van der Waals surface area contributed by atoms with E-state index < -0.39 is 4.92 Å². The summed E-state index contributed by atoms with van der Waals surface area (Å²) < 4.78 is 6.53. The van der Waals surface area contributed by atoms with Gasteiger partial charge in [-0.05, 0) is 17.7 Å². The Morgan fingerprint density at radius 1 is 1.38 bits per heavy atom. The van der Waals surface area contributed by atoms with E-state index in [4.69, 9.17) is 4.74 Å². The maximum atomic E-state index is 11.0. The van der Waals surface area contributed by atoms with E-state index in [9.17, 15) is 14.9 Å². The molecule has 0 saturated carbocycles. The summed E-state index contributed by atoms with van der Waals surface area (Å²) >= 11 is 0. The first kappa shape index (κ1) is 14.6. The number of carbonyl (C=O) groups is 1. The van der Waals surface area contributed by atoms with Crippen LogP contribution in [0.15, 0.2) is 30.3 Å². The smallest absolute Gasteiger partial charge is 0.311 e. The quantitative estimate of drug-likeness (QED) is 0.501. The first-order valence-electron chi connectivity index (χ1n) is 6.23. The molecule has 7 nitrogen and oxygen atoms in total. The van der Waals surface area contributed by atoms with Crippen LogP contribution in [-0.2, 0) is 13.6 Å². The van der Waals surface area contributed by atoms with Crippen LogP contribution >= 0.6 is 0 Å². The molecule has 0 unspecified atom stereocenters. The maximum absolute atomic E-state index is 11.0. The monoisotopic (exact) mass is 289 g/mol. The third-order valence-corrected chi connectivity index (χ3v) is 3.19. The number of nitro groups is 1. The number of carbonyl (C=O) groups excluding carboxylic acids is 1. The predicted octanol–water partition coefficient (Wildman–Crippen LogP) is 2.37. The van der Waals surface area contributed by atoms with Crippen LogP contribution in [0.1, 0.15) is 16.1 Å². The molecule has 0 bridgehead atoms. The molecule has 1 heterocycles. The lowest BCUT2D eigenvalue weighted by Gasteiger charge is -2.08. The number of rotatable bonds is 6. The predicted molar refractivity (Wildman–Crippen MR) is 77.8 cm³/mol. The van der Waals surface area contributed by atoms with Crippen LogP contribution in [0.5, 0.6) is 5.75 Å². The SMILES string of the molecule is COc1ccc(CNc2c([N+](=O)[O-])cc(C=O)n2C)cc1. The lowest BCUT2D eigenvalue weighted by molar-refractivity contribution is -0.383. The minimum absolute atomic E-state index is 0.117. The summed E-state index contributed by atoms with van der Waals surface area (Å²) in [5.41, 5.74) is 1.07. The normalized spacial score (nSPS) is 10.2. The van der Waals surface area contributed by atoms with Gasteiger partial charge in [0.1, 0.15) is 5.75 Å². The number of aromatic nitrogens is 1. The van der Waals surface area contributed by atoms with Crippen LogP contribution in [0.4, 0.5) is 11.5 Å². The van der Waals surface area contributed by atoms with Gasteiger partial charge in [-0.3, -0.25) is 14.9 Å². The summed E-state index contributed by atoms with van der Waals surface area (Å²) in [6.07, 6.45) is 0.589. The fourth-order valence-electron chi connectivity index (χ4n) is 2.00. The molecule has 0 spiro atoms. The van der Waals surface area contributed by atoms with Crippen molar-refractivity contribution in [1.29, 1.82) is 0 Å². The Kier molecular flexibility index (Phi) is 4.22. The number of hydrogen-bond donors (Lipinski definition) is 1. The first-order chi connectivity index (χ1) is 10.1. The summed E-state index contributed by atoms with van der Waals surface area (Å²) in [4.78, 5) is 21.4. The van der Waals surface area contributed by atoms with Gasteiger partial charge < -0.3 is 14.6 Å². The van der Waals surface area contributed by atoms with E-state index in [0.717, 1.165) is 11.3 Å². The first-order valence-corrected chi connectivity index (χ1v) is 6.23. The van der Waals surface area contributed by atoms with Gasteiger partial charge in [0, 0.05) is 19.7 Å². The van der Waals surface area contributed by atoms with E-state index in [1.54, 1.807) is 14.2 Å². The lowest BCUT2D eigenvalue weighted by Crippen LogP contribution is -2.07. The minimum atomic E-state index is -0.511. The Balaban J connectivity index is 2.20. The van der Waals surface area contributed by atoms with Crippen LogP contribution in [0.2, 0.25) is 0 Å². The number of ether oxygens (including phenoxy) is 1. The number of aldehydes is 1. The van der Waals surface area contributed by atoms with Gasteiger partial charge in [-0.2, -0.15) is 0 Å². The molecule has 1 aromatic carbocycles. The van der Waals surface area contributed by atoms with E-state index in [1.807, 2.05) is 24.3 Å². The van der Waals surface area contributed by atoms with Crippen molar-refractivity contribution in [2.75, 3.05) is 12.4 Å². The van der Waals surface area contributed by atoms with Crippen LogP contribution < -0.4 is 10.1 Å². The Bertz CT molecular complexity index is 662. The van der Waals surface area contributed by atoms with E-state index >= 15 is 0 Å². The molecule has 1 N–H and O–H groups in total. The molecule has 0 aliphatic carbocycles. The molecule has 2 rings (SSSR count). The molecule has 0 radical (unpaired) electrons. The number of methoxy groups -OCH3 is 1. The van der Waals surface area contributed by atoms with Gasteiger partial charge in [-0.15, -0.1) is 0 Å². The summed E-state index contributed by atoms with van der Waals surface area (Å²) in [6, 6.07) is 8.60. The van der Waals surface area contributed by atoms with Crippen molar-refractivity contribution in [2.45, 2.75) is 6.54 Å². The van der Waals surface area contributed by atoms with Crippen molar-refractivity contribution >= 4 is 17.8 Å². The topological polar surface area (TPSA) is 86.4 Å². The molecule has 0 saturated heterocycles. The van der Waals surface area contributed by atoms with E-state index in [-0.39, 0.29) is 11.4 Å². The number of anilines is 1. The molecule has 7 heteroatoms. The van der Waals surface area contributed by atoms with Gasteiger partial charge in [0.25, 0.3) is 0 Å². The van der Waals surface area contributed by atoms with Crippen molar-refractivity contribution in [3.8, 4) is 5.75 Å². The Labute approximate surface area is 121 Å². The van der Waals surface area contributed by atoms with Crippen LogP contribution in [0, 0.1) is 10.1 Å². The highest BCUT2D eigenvalue weighted by atomic mass is 16.6. The molecular weight excluding hydrogens is 274 g/mol. The zero-order chi connectivity index (χ0) is 15.4. The van der Waals surface area contributed by atoms with Crippen LogP contribution in [-0.4, -0.2) is 22.9 Å². The highest BCUT2D eigenvalue weighted by molar-refractivity contribution is 5.78. The molecule has 0 atom stereocenters. The largest absolute Gasteiger partial charge is 0.497 e. The van der Waals surface area contributed by atoms with Crippen molar-refractivity contribution < 1.29 is 14.5 Å². The molecule has 0 aliphatic rings. The van der Waals surface area contributed by atoms with Crippen molar-refractivity contribution in [2.24, 2.45) is 7.05 Å². The van der Waals surface area contributed by atoms with Crippen LogP contribution in [0.3, 0.4) is 0 Å². The number of nitrogens with one attached hydrogen (secondary N) is 1. The van der Waals surface area contributed by atoms with Gasteiger partial charge in [0.2, 0.25) is 0 Å². The van der Waals surface area contributed by atoms with Gasteiger partial charge in [-0.25, -0.2) is 0 Å². The van der Waals surface area contributed by atoms with Crippen molar-refractivity contribution in [3.05, 3.63) is 51.7 Å². The second kappa shape index (κ2) is 6.08. The highest BCUT2D eigenvalue weighted by Crippen LogP contribution is 2.27. The van der Waals surface area contributed by atoms with Gasteiger partial charge >= 0.3 is 5.69 Å². The maximum Gasteiger partial charge on any atom is 0.311 e. The Morgan fingerprint density at radius 3 is 2.57 bits per heavy atom. The number of nitrogens with zero attached hydrogens (tertiary/aromatic N) is 2. The highest BCUT2D eigenvalue weighted by Gasteiger charge is 2.21. The molecule has 0 aliphatic heterocycles. The van der Waals surface area contributed by atoms with E-state index in [2.05, 4.69) is 5.32 Å².